The molecule has 0 bridgehead atoms. The Hall–Kier alpha value is -0.380. The molecule has 1 fully saturated rings. The molecule has 0 spiro atoms. The van der Waals surface area contributed by atoms with Crippen molar-refractivity contribution in [1.29, 1.82) is 0 Å². The van der Waals surface area contributed by atoms with E-state index in [1.807, 2.05) is 45.0 Å². The number of benzene rings is 1. The van der Waals surface area contributed by atoms with Crippen LogP contribution in [0.25, 0.3) is 0 Å². The Morgan fingerprint density at radius 2 is 1.89 bits per heavy atom. The van der Waals surface area contributed by atoms with Crippen molar-refractivity contribution >= 4 is 22.6 Å². The quantitative estimate of drug-likeness (QED) is 0.775. The molecule has 0 saturated carbocycles. The van der Waals surface area contributed by atoms with Gasteiger partial charge in [0, 0.05) is 11.6 Å². The molecule has 4 heteroatoms. The molecule has 0 amide bonds. The standard InChI is InChI=1S/C14H20ClNOS/c1-5-14(11-6-8-12(15)9-7-11)10-16(14)18(17)13(2,3)4/h6-9H,5,10H2,1-4H3/t14-,16?,18-/m1/s1. The highest BCUT2D eigenvalue weighted by molar-refractivity contribution is 7.84. The van der Waals surface area contributed by atoms with Gasteiger partial charge >= 0.3 is 0 Å². The second-order valence-electron chi connectivity index (χ2n) is 5.79. The summed E-state index contributed by atoms with van der Waals surface area (Å²) in [6.45, 7) is 9.07. The van der Waals surface area contributed by atoms with E-state index < -0.39 is 11.0 Å². The Labute approximate surface area is 117 Å². The van der Waals surface area contributed by atoms with E-state index in [4.69, 9.17) is 11.6 Å². The predicted octanol–water partition coefficient (Wildman–Crippen LogP) is 3.72. The third-order valence-electron chi connectivity index (χ3n) is 3.47. The first kappa shape index (κ1) is 14.0. The van der Waals surface area contributed by atoms with Crippen LogP contribution in [0.3, 0.4) is 0 Å². The van der Waals surface area contributed by atoms with Gasteiger partial charge in [0.25, 0.3) is 0 Å². The summed E-state index contributed by atoms with van der Waals surface area (Å²) in [4.78, 5) is 0. The zero-order valence-electron chi connectivity index (χ0n) is 11.4. The lowest BCUT2D eigenvalue weighted by Gasteiger charge is -2.23. The van der Waals surface area contributed by atoms with E-state index >= 15 is 0 Å². The van der Waals surface area contributed by atoms with Crippen molar-refractivity contribution in [2.45, 2.75) is 44.4 Å². The molecular formula is C14H20ClNOS. The second-order valence-corrected chi connectivity index (χ2v) is 8.39. The molecule has 2 nitrogen and oxygen atoms in total. The van der Waals surface area contributed by atoms with Crippen molar-refractivity contribution in [2.75, 3.05) is 6.54 Å². The van der Waals surface area contributed by atoms with Crippen LogP contribution in [0.2, 0.25) is 5.02 Å². The molecule has 0 aliphatic carbocycles. The van der Waals surface area contributed by atoms with Crippen LogP contribution >= 0.6 is 11.6 Å². The van der Waals surface area contributed by atoms with Gasteiger partial charge in [-0.05, 0) is 44.9 Å². The smallest absolute Gasteiger partial charge is 0.101 e. The molecule has 1 aromatic carbocycles. The van der Waals surface area contributed by atoms with Crippen molar-refractivity contribution in [3.8, 4) is 0 Å². The molecule has 0 radical (unpaired) electrons. The molecule has 1 heterocycles. The van der Waals surface area contributed by atoms with Crippen LogP contribution in [0, 0.1) is 0 Å². The molecule has 100 valence electrons. The Kier molecular flexibility index (Phi) is 3.60. The van der Waals surface area contributed by atoms with Crippen LogP contribution in [-0.4, -0.2) is 19.8 Å². The van der Waals surface area contributed by atoms with Gasteiger partial charge in [0.05, 0.1) is 10.3 Å². The van der Waals surface area contributed by atoms with Crippen LogP contribution in [-0.2, 0) is 16.5 Å². The molecule has 1 unspecified atom stereocenters. The van der Waals surface area contributed by atoms with Gasteiger partial charge in [0.1, 0.15) is 11.0 Å². The van der Waals surface area contributed by atoms with Gasteiger partial charge in [0.15, 0.2) is 0 Å². The molecule has 1 aromatic rings. The van der Waals surface area contributed by atoms with Gasteiger partial charge in [-0.1, -0.05) is 30.7 Å². The number of hydrogen-bond acceptors (Lipinski definition) is 1. The number of halogens is 1. The van der Waals surface area contributed by atoms with Crippen molar-refractivity contribution in [2.24, 2.45) is 0 Å². The molecule has 1 aliphatic heterocycles. The van der Waals surface area contributed by atoms with E-state index in [0.717, 1.165) is 18.0 Å². The number of hydrogen-bond donors (Lipinski definition) is 0. The van der Waals surface area contributed by atoms with Gasteiger partial charge in [-0.25, -0.2) is 8.51 Å². The van der Waals surface area contributed by atoms with Gasteiger partial charge in [0.2, 0.25) is 0 Å². The summed E-state index contributed by atoms with van der Waals surface area (Å²) < 4.78 is 14.3. The summed E-state index contributed by atoms with van der Waals surface area (Å²) >= 11 is 5.92. The fourth-order valence-electron chi connectivity index (χ4n) is 2.24. The zero-order chi connectivity index (χ0) is 13.6. The Morgan fingerprint density at radius 1 is 1.33 bits per heavy atom. The highest BCUT2D eigenvalue weighted by Gasteiger charge is 2.56. The third kappa shape index (κ3) is 2.36. The fourth-order valence-corrected chi connectivity index (χ4v) is 3.91. The molecule has 2 rings (SSSR count). The first-order chi connectivity index (χ1) is 8.31. The monoisotopic (exact) mass is 285 g/mol. The summed E-state index contributed by atoms with van der Waals surface area (Å²) in [5, 5.41) is 0.745. The van der Waals surface area contributed by atoms with Gasteiger partial charge in [-0.3, -0.25) is 0 Å². The van der Waals surface area contributed by atoms with E-state index in [0.29, 0.717) is 0 Å². The molecule has 0 N–H and O–H groups in total. The Balaban J connectivity index is 2.26. The minimum Gasteiger partial charge on any atom is -0.242 e. The van der Waals surface area contributed by atoms with Crippen molar-refractivity contribution in [3.05, 3.63) is 34.9 Å². The Morgan fingerprint density at radius 3 is 2.33 bits per heavy atom. The summed E-state index contributed by atoms with van der Waals surface area (Å²) in [5.74, 6) is 0. The zero-order valence-corrected chi connectivity index (χ0v) is 12.9. The van der Waals surface area contributed by atoms with Crippen molar-refractivity contribution < 1.29 is 4.21 Å². The predicted molar refractivity (Wildman–Crippen MR) is 78.0 cm³/mol. The third-order valence-corrected chi connectivity index (χ3v) is 5.65. The number of nitrogens with zero attached hydrogens (tertiary/aromatic N) is 1. The van der Waals surface area contributed by atoms with Crippen molar-refractivity contribution in [1.82, 2.24) is 4.31 Å². The lowest BCUT2D eigenvalue weighted by molar-refractivity contribution is 0.522. The van der Waals surface area contributed by atoms with E-state index in [-0.39, 0.29) is 10.3 Å². The molecule has 3 atom stereocenters. The number of rotatable bonds is 3. The van der Waals surface area contributed by atoms with Crippen molar-refractivity contribution in [3.63, 3.8) is 0 Å². The first-order valence-electron chi connectivity index (χ1n) is 6.27. The molecule has 1 aliphatic rings. The Bertz CT molecular complexity index is 466. The lowest BCUT2D eigenvalue weighted by atomic mass is 9.97. The molecule has 1 saturated heterocycles. The minimum absolute atomic E-state index is 0.0528. The normalized spacial score (nSPS) is 29.1. The largest absolute Gasteiger partial charge is 0.242 e. The van der Waals surface area contributed by atoms with Gasteiger partial charge in [-0.2, -0.15) is 0 Å². The lowest BCUT2D eigenvalue weighted by Crippen LogP contribution is -2.30. The van der Waals surface area contributed by atoms with Gasteiger partial charge in [-0.15, -0.1) is 0 Å². The van der Waals surface area contributed by atoms with E-state index in [9.17, 15) is 4.21 Å². The minimum atomic E-state index is -0.953. The maximum absolute atomic E-state index is 12.5. The van der Waals surface area contributed by atoms with Crippen LogP contribution < -0.4 is 0 Å². The summed E-state index contributed by atoms with van der Waals surface area (Å²) in [6.07, 6.45) is 0.969. The SMILES string of the molecule is CC[C@]1(c2ccc(Cl)cc2)CN1[S@](=O)C(C)(C)C. The van der Waals surface area contributed by atoms with E-state index in [1.54, 1.807) is 0 Å². The highest BCUT2D eigenvalue weighted by Crippen LogP contribution is 2.48. The van der Waals surface area contributed by atoms with Gasteiger partial charge < -0.3 is 0 Å². The van der Waals surface area contributed by atoms with Crippen LogP contribution in [0.5, 0.6) is 0 Å². The van der Waals surface area contributed by atoms with E-state index in [1.165, 1.54) is 5.56 Å². The fraction of sp³-hybridized carbons (Fsp3) is 0.571. The summed E-state index contributed by atoms with van der Waals surface area (Å²) in [6, 6.07) is 7.91. The summed E-state index contributed by atoms with van der Waals surface area (Å²) in [5.41, 5.74) is 1.16. The average Bonchev–Trinajstić information content (AvgIpc) is 3.03. The second kappa shape index (κ2) is 4.62. The van der Waals surface area contributed by atoms with E-state index in [2.05, 4.69) is 11.2 Å². The highest BCUT2D eigenvalue weighted by atomic mass is 35.5. The first-order valence-corrected chi connectivity index (χ1v) is 7.75. The van der Waals surface area contributed by atoms with Crippen LogP contribution in [0.15, 0.2) is 24.3 Å². The maximum atomic E-state index is 12.5. The van der Waals surface area contributed by atoms with Crippen LogP contribution in [0.4, 0.5) is 0 Å². The molecule has 0 aromatic heterocycles. The molecular weight excluding hydrogens is 266 g/mol. The van der Waals surface area contributed by atoms with Crippen LogP contribution in [0.1, 0.15) is 39.7 Å². The maximum Gasteiger partial charge on any atom is 0.101 e. The average molecular weight is 286 g/mol. The summed E-state index contributed by atoms with van der Waals surface area (Å²) in [7, 11) is -0.953. The topological polar surface area (TPSA) is 20.1 Å². The molecule has 18 heavy (non-hydrogen) atoms.